The standard InChI is InChI=1S/C23H23N3O3/c27-21(25-11-13-26(14-12-25)22(28)23(29)8-9-23)17-3-1-16(2-4-17)18-5-6-20-19(15-18)7-10-24-20/h1-7,10,15,24,29H,8-9,11-14H2. The van der Waals surface area contributed by atoms with Crippen LogP contribution in [0.1, 0.15) is 23.2 Å². The van der Waals surface area contributed by atoms with E-state index in [1.807, 2.05) is 36.5 Å². The summed E-state index contributed by atoms with van der Waals surface area (Å²) in [5.41, 5.74) is 2.80. The number of amides is 2. The number of rotatable bonds is 3. The molecule has 0 radical (unpaired) electrons. The number of carbonyl (C=O) groups is 2. The predicted octanol–water partition coefficient (Wildman–Crippen LogP) is 2.64. The van der Waals surface area contributed by atoms with E-state index in [9.17, 15) is 14.7 Å². The van der Waals surface area contributed by atoms with Gasteiger partial charge in [-0.15, -0.1) is 0 Å². The molecule has 1 aliphatic heterocycles. The van der Waals surface area contributed by atoms with Crippen molar-refractivity contribution in [3.8, 4) is 11.1 Å². The van der Waals surface area contributed by atoms with Gasteiger partial charge in [0.05, 0.1) is 0 Å². The first-order valence-corrected chi connectivity index (χ1v) is 10.0. The van der Waals surface area contributed by atoms with Crippen molar-refractivity contribution in [1.82, 2.24) is 14.8 Å². The van der Waals surface area contributed by atoms with E-state index in [4.69, 9.17) is 0 Å². The molecule has 2 aliphatic rings. The lowest BCUT2D eigenvalue weighted by Gasteiger charge is -2.35. The fraction of sp³-hybridized carbons (Fsp3) is 0.304. The minimum Gasteiger partial charge on any atom is -0.380 e. The molecule has 148 valence electrons. The minimum atomic E-state index is -1.13. The van der Waals surface area contributed by atoms with Crippen molar-refractivity contribution in [3.05, 3.63) is 60.3 Å². The van der Waals surface area contributed by atoms with Crippen LogP contribution in [0.3, 0.4) is 0 Å². The topological polar surface area (TPSA) is 76.6 Å². The number of nitrogens with one attached hydrogen (secondary N) is 1. The van der Waals surface area contributed by atoms with Gasteiger partial charge in [-0.2, -0.15) is 0 Å². The first-order chi connectivity index (χ1) is 14.0. The smallest absolute Gasteiger partial charge is 0.254 e. The quantitative estimate of drug-likeness (QED) is 0.723. The number of aromatic amines is 1. The number of hydrogen-bond acceptors (Lipinski definition) is 3. The molecule has 2 fully saturated rings. The lowest BCUT2D eigenvalue weighted by atomic mass is 10.0. The second kappa shape index (κ2) is 6.74. The van der Waals surface area contributed by atoms with Gasteiger partial charge < -0.3 is 19.9 Å². The largest absolute Gasteiger partial charge is 0.380 e. The summed E-state index contributed by atoms with van der Waals surface area (Å²) in [6, 6.07) is 16.0. The number of hydrogen-bond donors (Lipinski definition) is 2. The van der Waals surface area contributed by atoms with E-state index in [1.165, 1.54) is 0 Å². The monoisotopic (exact) mass is 389 g/mol. The van der Waals surface area contributed by atoms with Crippen LogP contribution in [-0.4, -0.2) is 63.5 Å². The highest BCUT2D eigenvalue weighted by Crippen LogP contribution is 2.37. The zero-order valence-corrected chi connectivity index (χ0v) is 16.1. The van der Waals surface area contributed by atoms with Crippen molar-refractivity contribution in [2.45, 2.75) is 18.4 Å². The van der Waals surface area contributed by atoms with Gasteiger partial charge in [0.1, 0.15) is 5.60 Å². The van der Waals surface area contributed by atoms with Gasteiger partial charge in [-0.3, -0.25) is 9.59 Å². The molecule has 0 atom stereocenters. The average molecular weight is 389 g/mol. The molecule has 0 bridgehead atoms. The molecular weight excluding hydrogens is 366 g/mol. The van der Waals surface area contributed by atoms with E-state index in [2.05, 4.69) is 23.2 Å². The van der Waals surface area contributed by atoms with Crippen molar-refractivity contribution in [3.63, 3.8) is 0 Å². The number of carbonyl (C=O) groups excluding carboxylic acids is 2. The van der Waals surface area contributed by atoms with Crippen molar-refractivity contribution in [2.75, 3.05) is 26.2 Å². The minimum absolute atomic E-state index is 0.0186. The second-order valence-electron chi connectivity index (χ2n) is 7.97. The molecule has 6 nitrogen and oxygen atoms in total. The van der Waals surface area contributed by atoms with Crippen molar-refractivity contribution < 1.29 is 14.7 Å². The molecule has 5 rings (SSSR count). The number of fused-ring (bicyclic) bond motifs is 1. The third-order valence-electron chi connectivity index (χ3n) is 5.99. The Morgan fingerprint density at radius 1 is 0.862 bits per heavy atom. The first-order valence-electron chi connectivity index (χ1n) is 10.0. The molecule has 3 aromatic rings. The van der Waals surface area contributed by atoms with Crippen LogP contribution in [0.2, 0.25) is 0 Å². The van der Waals surface area contributed by atoms with Crippen LogP contribution >= 0.6 is 0 Å². The fourth-order valence-corrected chi connectivity index (χ4v) is 3.96. The van der Waals surface area contributed by atoms with Gasteiger partial charge in [-0.05, 0) is 59.7 Å². The molecular formula is C23H23N3O3. The maximum atomic E-state index is 12.8. The SMILES string of the molecule is O=C(c1ccc(-c2ccc3[nH]ccc3c2)cc1)N1CCN(C(=O)C2(O)CC2)CC1. The van der Waals surface area contributed by atoms with Crippen molar-refractivity contribution in [1.29, 1.82) is 0 Å². The Labute approximate surface area is 168 Å². The zero-order chi connectivity index (χ0) is 20.0. The van der Waals surface area contributed by atoms with E-state index in [0.717, 1.165) is 22.0 Å². The second-order valence-corrected chi connectivity index (χ2v) is 7.97. The number of piperazine rings is 1. The van der Waals surface area contributed by atoms with Crippen LogP contribution in [0.15, 0.2) is 54.7 Å². The molecule has 0 unspecified atom stereocenters. The number of aromatic nitrogens is 1. The summed E-state index contributed by atoms with van der Waals surface area (Å²) in [7, 11) is 0. The lowest BCUT2D eigenvalue weighted by molar-refractivity contribution is -0.143. The van der Waals surface area contributed by atoms with E-state index < -0.39 is 5.60 Å². The van der Waals surface area contributed by atoms with Crippen LogP contribution in [0.5, 0.6) is 0 Å². The number of benzene rings is 2. The van der Waals surface area contributed by atoms with Crippen molar-refractivity contribution in [2.24, 2.45) is 0 Å². The average Bonchev–Trinajstić information content (AvgIpc) is 3.34. The Balaban J connectivity index is 1.25. The van der Waals surface area contributed by atoms with Crippen LogP contribution in [0.25, 0.3) is 22.0 Å². The van der Waals surface area contributed by atoms with E-state index in [-0.39, 0.29) is 11.8 Å². The molecule has 1 aromatic heterocycles. The van der Waals surface area contributed by atoms with Crippen LogP contribution in [0, 0.1) is 0 Å². The lowest BCUT2D eigenvalue weighted by Crippen LogP contribution is -2.53. The fourth-order valence-electron chi connectivity index (χ4n) is 3.96. The molecule has 2 amide bonds. The van der Waals surface area contributed by atoms with Gasteiger partial charge in [0.25, 0.3) is 11.8 Å². The van der Waals surface area contributed by atoms with E-state index in [0.29, 0.717) is 44.6 Å². The molecule has 29 heavy (non-hydrogen) atoms. The summed E-state index contributed by atoms with van der Waals surface area (Å²) < 4.78 is 0. The van der Waals surface area contributed by atoms with Crippen LogP contribution < -0.4 is 0 Å². The third kappa shape index (κ3) is 3.29. The molecule has 2 N–H and O–H groups in total. The maximum Gasteiger partial charge on any atom is 0.254 e. The Kier molecular flexibility index (Phi) is 4.17. The van der Waals surface area contributed by atoms with Gasteiger partial charge in [0.15, 0.2) is 0 Å². The Hall–Kier alpha value is -3.12. The molecule has 1 aliphatic carbocycles. The van der Waals surface area contributed by atoms with Gasteiger partial charge in [-0.1, -0.05) is 18.2 Å². The molecule has 2 aromatic carbocycles. The van der Waals surface area contributed by atoms with Gasteiger partial charge >= 0.3 is 0 Å². The van der Waals surface area contributed by atoms with Gasteiger partial charge in [-0.25, -0.2) is 0 Å². The highest BCUT2D eigenvalue weighted by molar-refractivity contribution is 5.95. The summed E-state index contributed by atoms with van der Waals surface area (Å²) in [5.74, 6) is -0.205. The molecule has 1 saturated carbocycles. The van der Waals surface area contributed by atoms with Gasteiger partial charge in [0.2, 0.25) is 0 Å². The summed E-state index contributed by atoms with van der Waals surface area (Å²) in [5, 5.41) is 11.2. The van der Waals surface area contributed by atoms with Gasteiger partial charge in [0, 0.05) is 43.5 Å². The molecule has 2 heterocycles. The normalized spacial score (nSPS) is 18.1. The van der Waals surface area contributed by atoms with Crippen LogP contribution in [0.4, 0.5) is 0 Å². The zero-order valence-electron chi connectivity index (χ0n) is 16.1. The summed E-state index contributed by atoms with van der Waals surface area (Å²) in [6.45, 7) is 1.93. The number of nitrogens with zero attached hydrogens (tertiary/aromatic N) is 2. The molecule has 6 heteroatoms. The Bertz CT molecular complexity index is 1070. The molecule has 1 saturated heterocycles. The molecule has 0 spiro atoms. The summed E-state index contributed by atoms with van der Waals surface area (Å²) in [4.78, 5) is 31.7. The predicted molar refractivity (Wildman–Crippen MR) is 110 cm³/mol. The van der Waals surface area contributed by atoms with E-state index in [1.54, 1.807) is 9.80 Å². The first kappa shape index (κ1) is 17.9. The summed E-state index contributed by atoms with van der Waals surface area (Å²) in [6.07, 6.45) is 3.03. The Morgan fingerprint density at radius 3 is 2.21 bits per heavy atom. The number of aliphatic hydroxyl groups is 1. The highest BCUT2D eigenvalue weighted by atomic mass is 16.3. The van der Waals surface area contributed by atoms with Crippen molar-refractivity contribution >= 4 is 22.7 Å². The Morgan fingerprint density at radius 2 is 1.52 bits per heavy atom. The number of H-pyrrole nitrogens is 1. The maximum absolute atomic E-state index is 12.8. The van der Waals surface area contributed by atoms with Crippen LogP contribution in [-0.2, 0) is 4.79 Å². The van der Waals surface area contributed by atoms with E-state index >= 15 is 0 Å². The highest BCUT2D eigenvalue weighted by Gasteiger charge is 2.50. The third-order valence-corrected chi connectivity index (χ3v) is 5.99. The summed E-state index contributed by atoms with van der Waals surface area (Å²) >= 11 is 0.